The topological polar surface area (TPSA) is 51.4 Å². The fourth-order valence-electron chi connectivity index (χ4n) is 1.39. The number of pyridine rings is 1. The van der Waals surface area contributed by atoms with Crippen molar-refractivity contribution in [3.63, 3.8) is 0 Å². The second-order valence-electron chi connectivity index (χ2n) is 3.87. The van der Waals surface area contributed by atoms with Crippen LogP contribution in [0.5, 0.6) is 5.88 Å². The highest BCUT2D eigenvalue weighted by Gasteiger charge is 2.11. The van der Waals surface area contributed by atoms with Crippen LogP contribution in [0.2, 0.25) is 0 Å². The fourth-order valence-corrected chi connectivity index (χ4v) is 1.39. The van der Waals surface area contributed by atoms with E-state index in [2.05, 4.69) is 23.7 Å². The van der Waals surface area contributed by atoms with Gasteiger partial charge in [-0.2, -0.15) is 4.98 Å². The molecule has 0 saturated carbocycles. The largest absolute Gasteiger partial charge is 0.476 e. The lowest BCUT2D eigenvalue weighted by Crippen LogP contribution is -2.28. The zero-order valence-electron chi connectivity index (χ0n) is 10.5. The van der Waals surface area contributed by atoms with Crippen LogP contribution >= 0.6 is 0 Å². The number of hydrogen-bond donors (Lipinski definition) is 1. The van der Waals surface area contributed by atoms with Crippen LogP contribution in [0.25, 0.3) is 0 Å². The van der Waals surface area contributed by atoms with Gasteiger partial charge in [-0.25, -0.2) is 0 Å². The van der Waals surface area contributed by atoms with Crippen molar-refractivity contribution >= 4 is 11.5 Å². The summed E-state index contributed by atoms with van der Waals surface area (Å²) in [6, 6.07) is 4.21. The van der Waals surface area contributed by atoms with E-state index in [4.69, 9.17) is 10.5 Å². The number of aromatic nitrogens is 1. The van der Waals surface area contributed by atoms with Crippen LogP contribution in [-0.2, 0) is 0 Å². The maximum Gasteiger partial charge on any atom is 0.239 e. The molecule has 1 atom stereocenters. The molecule has 1 aromatic heterocycles. The second-order valence-corrected chi connectivity index (χ2v) is 3.87. The summed E-state index contributed by atoms with van der Waals surface area (Å²) in [5, 5.41) is 0. The summed E-state index contributed by atoms with van der Waals surface area (Å²) in [6.45, 7) is 6.82. The van der Waals surface area contributed by atoms with Crippen molar-refractivity contribution in [3.8, 4) is 5.88 Å². The van der Waals surface area contributed by atoms with E-state index in [1.165, 1.54) is 0 Å². The number of rotatable bonds is 5. The summed E-state index contributed by atoms with van der Waals surface area (Å²) in [7, 11) is 2.03. The van der Waals surface area contributed by atoms with Gasteiger partial charge < -0.3 is 15.4 Å². The maximum absolute atomic E-state index is 5.78. The summed E-state index contributed by atoms with van der Waals surface area (Å²) >= 11 is 0. The van der Waals surface area contributed by atoms with Crippen LogP contribution < -0.4 is 15.4 Å². The van der Waals surface area contributed by atoms with Crippen molar-refractivity contribution in [3.05, 3.63) is 12.1 Å². The molecule has 0 aliphatic rings. The highest BCUT2D eigenvalue weighted by atomic mass is 16.5. The lowest BCUT2D eigenvalue weighted by molar-refractivity contribution is 0.329. The molecule has 0 saturated heterocycles. The number of ether oxygens (including phenoxy) is 1. The third-order valence-electron chi connectivity index (χ3n) is 2.77. The molecule has 0 fully saturated rings. The van der Waals surface area contributed by atoms with Crippen molar-refractivity contribution in [2.24, 2.45) is 0 Å². The van der Waals surface area contributed by atoms with E-state index in [0.717, 1.165) is 12.2 Å². The summed E-state index contributed by atoms with van der Waals surface area (Å²) in [6.07, 6.45) is 1.08. The Morgan fingerprint density at radius 1 is 1.44 bits per heavy atom. The third kappa shape index (κ3) is 2.78. The smallest absolute Gasteiger partial charge is 0.239 e. The fraction of sp³-hybridized carbons (Fsp3) is 0.583. The van der Waals surface area contributed by atoms with Gasteiger partial charge >= 0.3 is 0 Å². The van der Waals surface area contributed by atoms with Crippen molar-refractivity contribution in [1.82, 2.24) is 4.98 Å². The van der Waals surface area contributed by atoms with Gasteiger partial charge in [-0.15, -0.1) is 0 Å². The molecule has 1 unspecified atom stereocenters. The Morgan fingerprint density at radius 3 is 2.69 bits per heavy atom. The second kappa shape index (κ2) is 5.58. The van der Waals surface area contributed by atoms with Crippen LogP contribution in [0.1, 0.15) is 27.2 Å². The van der Waals surface area contributed by atoms with E-state index >= 15 is 0 Å². The van der Waals surface area contributed by atoms with Crippen LogP contribution in [-0.4, -0.2) is 24.7 Å². The molecule has 4 nitrogen and oxygen atoms in total. The zero-order valence-corrected chi connectivity index (χ0v) is 10.5. The summed E-state index contributed by atoms with van der Waals surface area (Å²) in [5.41, 5.74) is 6.36. The maximum atomic E-state index is 5.78. The first-order valence-corrected chi connectivity index (χ1v) is 5.72. The third-order valence-corrected chi connectivity index (χ3v) is 2.77. The Hall–Kier alpha value is -1.45. The lowest BCUT2D eigenvalue weighted by atomic mass is 10.2. The number of nitrogens with two attached hydrogens (primary N) is 1. The molecular weight excluding hydrogens is 202 g/mol. The molecule has 16 heavy (non-hydrogen) atoms. The molecule has 0 radical (unpaired) electrons. The Morgan fingerprint density at radius 2 is 2.12 bits per heavy atom. The van der Waals surface area contributed by atoms with E-state index in [9.17, 15) is 0 Å². The first-order chi connectivity index (χ1) is 7.60. The Kier molecular flexibility index (Phi) is 4.40. The molecule has 0 amide bonds. The summed E-state index contributed by atoms with van der Waals surface area (Å²) < 4.78 is 5.38. The monoisotopic (exact) mass is 223 g/mol. The van der Waals surface area contributed by atoms with Crippen molar-refractivity contribution in [2.75, 3.05) is 24.3 Å². The number of hydrogen-bond acceptors (Lipinski definition) is 4. The minimum atomic E-state index is 0.450. The van der Waals surface area contributed by atoms with Gasteiger partial charge in [-0.1, -0.05) is 6.92 Å². The van der Waals surface area contributed by atoms with Gasteiger partial charge in [0.15, 0.2) is 0 Å². The van der Waals surface area contributed by atoms with E-state index < -0.39 is 0 Å². The normalized spacial score (nSPS) is 12.2. The van der Waals surface area contributed by atoms with Crippen LogP contribution in [0, 0.1) is 0 Å². The lowest BCUT2D eigenvalue weighted by Gasteiger charge is -2.25. The van der Waals surface area contributed by atoms with Crippen molar-refractivity contribution in [2.45, 2.75) is 33.2 Å². The number of anilines is 2. The summed E-state index contributed by atoms with van der Waals surface area (Å²) in [5.74, 6) is 1.42. The average molecular weight is 223 g/mol. The predicted octanol–water partition coefficient (Wildman–Crippen LogP) is 2.30. The Balaban J connectivity index is 2.93. The van der Waals surface area contributed by atoms with Crippen molar-refractivity contribution in [1.29, 1.82) is 0 Å². The van der Waals surface area contributed by atoms with Crippen LogP contribution in [0.4, 0.5) is 11.5 Å². The first kappa shape index (κ1) is 12.6. The molecular formula is C12H21N3O. The summed E-state index contributed by atoms with van der Waals surface area (Å²) in [4.78, 5) is 6.54. The number of nitrogens with zero attached hydrogens (tertiary/aromatic N) is 2. The molecule has 0 spiro atoms. The van der Waals surface area contributed by atoms with E-state index in [1.54, 1.807) is 0 Å². The highest BCUT2D eigenvalue weighted by Crippen LogP contribution is 2.23. The van der Waals surface area contributed by atoms with Crippen molar-refractivity contribution < 1.29 is 4.74 Å². The van der Waals surface area contributed by atoms with E-state index in [-0.39, 0.29) is 0 Å². The van der Waals surface area contributed by atoms with Gasteiger partial charge in [0.2, 0.25) is 5.88 Å². The van der Waals surface area contributed by atoms with Gasteiger partial charge in [-0.3, -0.25) is 0 Å². The minimum Gasteiger partial charge on any atom is -0.476 e. The van der Waals surface area contributed by atoms with E-state index in [0.29, 0.717) is 24.2 Å². The van der Waals surface area contributed by atoms with Crippen LogP contribution in [0.15, 0.2) is 12.1 Å². The zero-order chi connectivity index (χ0) is 12.1. The Bertz CT molecular complexity index is 341. The van der Waals surface area contributed by atoms with Gasteiger partial charge in [0.1, 0.15) is 5.82 Å². The van der Waals surface area contributed by atoms with Gasteiger partial charge in [-0.05, 0) is 32.4 Å². The molecule has 4 heteroatoms. The SMILES string of the molecule is CCOc1nc(N(C)C(C)CC)ccc1N. The molecule has 0 bridgehead atoms. The highest BCUT2D eigenvalue weighted by molar-refractivity contribution is 5.54. The molecule has 90 valence electrons. The average Bonchev–Trinajstić information content (AvgIpc) is 2.30. The van der Waals surface area contributed by atoms with Crippen LogP contribution in [0.3, 0.4) is 0 Å². The standard InChI is InChI=1S/C12H21N3O/c1-5-9(3)15(4)11-8-7-10(13)12(14-11)16-6-2/h7-9H,5-6,13H2,1-4H3. The molecule has 1 aromatic rings. The van der Waals surface area contributed by atoms with E-state index in [1.807, 2.05) is 26.1 Å². The van der Waals surface area contributed by atoms with Gasteiger partial charge in [0.25, 0.3) is 0 Å². The first-order valence-electron chi connectivity index (χ1n) is 5.72. The molecule has 0 aliphatic heterocycles. The molecule has 2 N–H and O–H groups in total. The Labute approximate surface area is 97.4 Å². The number of nitrogen functional groups attached to an aromatic ring is 1. The predicted molar refractivity (Wildman–Crippen MR) is 68.0 cm³/mol. The molecule has 0 aliphatic carbocycles. The van der Waals surface area contributed by atoms with Gasteiger partial charge in [0, 0.05) is 13.1 Å². The van der Waals surface area contributed by atoms with Gasteiger partial charge in [0.05, 0.1) is 12.3 Å². The minimum absolute atomic E-state index is 0.450. The molecule has 1 heterocycles. The quantitative estimate of drug-likeness (QED) is 0.832. The molecule has 1 rings (SSSR count). The molecule has 0 aromatic carbocycles.